The lowest BCUT2D eigenvalue weighted by molar-refractivity contribution is -0.123. The predicted octanol–water partition coefficient (Wildman–Crippen LogP) is 4.65. The van der Waals surface area contributed by atoms with Gasteiger partial charge in [-0.1, -0.05) is 61.4 Å². The van der Waals surface area contributed by atoms with Crippen LogP contribution in [0.1, 0.15) is 59.3 Å². The van der Waals surface area contributed by atoms with Gasteiger partial charge in [0.25, 0.3) is 5.91 Å². The summed E-state index contributed by atoms with van der Waals surface area (Å²) in [6.45, 7) is -0.533. The summed E-state index contributed by atoms with van der Waals surface area (Å²) in [6.07, 6.45) is 7.49. The number of imide groups is 1. The lowest BCUT2D eigenvalue weighted by atomic mass is 10.0. The fourth-order valence-corrected chi connectivity index (χ4v) is 4.92. The van der Waals surface area contributed by atoms with E-state index in [9.17, 15) is 14.4 Å². The molecular formula is C28H27N3O4. The Kier molecular flexibility index (Phi) is 6.57. The van der Waals surface area contributed by atoms with E-state index in [-0.39, 0.29) is 6.04 Å². The normalized spacial score (nSPS) is 16.3. The van der Waals surface area contributed by atoms with Crippen LogP contribution in [0.25, 0.3) is 22.6 Å². The predicted molar refractivity (Wildman–Crippen MR) is 134 cm³/mol. The minimum absolute atomic E-state index is 0.0919. The van der Waals surface area contributed by atoms with Crippen LogP contribution >= 0.6 is 0 Å². The molecule has 1 saturated carbocycles. The molecule has 3 aromatic rings. The van der Waals surface area contributed by atoms with Gasteiger partial charge >= 0.3 is 12.0 Å². The van der Waals surface area contributed by atoms with E-state index in [1.165, 1.54) is 0 Å². The number of carbonyl (C=O) groups is 3. The number of rotatable bonds is 5. The molecule has 0 bridgehead atoms. The summed E-state index contributed by atoms with van der Waals surface area (Å²) in [6, 6.07) is 17.0. The van der Waals surface area contributed by atoms with Crippen LogP contribution in [-0.2, 0) is 16.0 Å². The summed E-state index contributed by atoms with van der Waals surface area (Å²) >= 11 is 0. The number of hydrogen-bond acceptors (Lipinski definition) is 5. The Hall–Kier alpha value is -4.00. The molecule has 3 amide bonds. The van der Waals surface area contributed by atoms with E-state index in [1.807, 2.05) is 54.6 Å². The van der Waals surface area contributed by atoms with Crippen LogP contribution in [0, 0.1) is 0 Å². The number of fused-ring (bicyclic) bond motifs is 2. The SMILES string of the molecule is O=C(COC(=O)c1c2c(nc3ccccc13)C(=Cc1ccccc1)CC2)NC(=O)NC1CCCC1. The first kappa shape index (κ1) is 22.8. The third-order valence-corrected chi connectivity index (χ3v) is 6.56. The Morgan fingerprint density at radius 3 is 2.51 bits per heavy atom. The zero-order valence-corrected chi connectivity index (χ0v) is 19.4. The quantitative estimate of drug-likeness (QED) is 0.531. The van der Waals surface area contributed by atoms with Gasteiger partial charge in [-0.2, -0.15) is 0 Å². The maximum atomic E-state index is 13.2. The van der Waals surface area contributed by atoms with Crippen LogP contribution in [0.15, 0.2) is 54.6 Å². The summed E-state index contributed by atoms with van der Waals surface area (Å²) < 4.78 is 5.37. The van der Waals surface area contributed by atoms with Crippen LogP contribution in [0.4, 0.5) is 4.79 Å². The number of amides is 3. The molecule has 178 valence electrons. The monoisotopic (exact) mass is 469 g/mol. The zero-order chi connectivity index (χ0) is 24.2. The Balaban J connectivity index is 1.35. The van der Waals surface area contributed by atoms with Gasteiger partial charge in [0.15, 0.2) is 6.61 Å². The van der Waals surface area contributed by atoms with Gasteiger partial charge in [0.05, 0.1) is 16.8 Å². The zero-order valence-electron chi connectivity index (χ0n) is 19.4. The second-order valence-corrected chi connectivity index (χ2v) is 8.99. The third-order valence-electron chi connectivity index (χ3n) is 6.56. The first-order valence-corrected chi connectivity index (χ1v) is 12.0. The molecule has 5 rings (SSSR count). The molecule has 0 radical (unpaired) electrons. The number of carbonyl (C=O) groups excluding carboxylic acids is 3. The van der Waals surface area contributed by atoms with Crippen LogP contribution in [0.5, 0.6) is 0 Å². The molecule has 2 aliphatic rings. The molecule has 1 aromatic heterocycles. The standard InChI is InChI=1S/C28H27N3O4/c32-24(31-28(34)29-20-10-4-5-11-20)17-35-27(33)25-21-12-6-7-13-23(21)30-26-19(14-15-22(25)26)16-18-8-2-1-3-9-18/h1-3,6-9,12-13,16,20H,4-5,10-11,14-15,17H2,(H2,29,31,32,34). The van der Waals surface area contributed by atoms with Gasteiger partial charge < -0.3 is 10.1 Å². The van der Waals surface area contributed by atoms with Gasteiger partial charge in [0.2, 0.25) is 0 Å². The Morgan fingerprint density at radius 2 is 1.71 bits per heavy atom. The van der Waals surface area contributed by atoms with Crippen LogP contribution in [-0.4, -0.2) is 35.5 Å². The molecule has 35 heavy (non-hydrogen) atoms. The van der Waals surface area contributed by atoms with Crippen molar-refractivity contribution in [3.63, 3.8) is 0 Å². The molecular weight excluding hydrogens is 442 g/mol. The molecule has 2 aromatic carbocycles. The number of ether oxygens (including phenoxy) is 1. The molecule has 0 unspecified atom stereocenters. The highest BCUT2D eigenvalue weighted by Gasteiger charge is 2.28. The summed E-state index contributed by atoms with van der Waals surface area (Å²) in [5.41, 5.74) is 4.88. The smallest absolute Gasteiger partial charge is 0.339 e. The number of urea groups is 1. The highest BCUT2D eigenvalue weighted by Crippen LogP contribution is 2.37. The van der Waals surface area contributed by atoms with E-state index in [1.54, 1.807) is 0 Å². The maximum absolute atomic E-state index is 13.2. The van der Waals surface area contributed by atoms with Crippen molar-refractivity contribution in [1.82, 2.24) is 15.6 Å². The number of pyridine rings is 1. The minimum atomic E-state index is -0.659. The Bertz CT molecular complexity index is 1310. The van der Waals surface area contributed by atoms with Crippen molar-refractivity contribution < 1.29 is 19.1 Å². The molecule has 1 heterocycles. The fraction of sp³-hybridized carbons (Fsp3) is 0.286. The van der Waals surface area contributed by atoms with Gasteiger partial charge in [-0.15, -0.1) is 0 Å². The van der Waals surface area contributed by atoms with Crippen LogP contribution in [0.3, 0.4) is 0 Å². The number of hydrogen-bond donors (Lipinski definition) is 2. The number of esters is 1. The molecule has 0 saturated heterocycles. The van der Waals surface area contributed by atoms with Crippen molar-refractivity contribution in [2.75, 3.05) is 6.61 Å². The fourth-order valence-electron chi connectivity index (χ4n) is 4.92. The average Bonchev–Trinajstić information content (AvgIpc) is 3.51. The van der Waals surface area contributed by atoms with Crippen molar-refractivity contribution in [2.45, 2.75) is 44.6 Å². The lowest BCUT2D eigenvalue weighted by Gasteiger charge is -2.13. The highest BCUT2D eigenvalue weighted by atomic mass is 16.5. The molecule has 2 N–H and O–H groups in total. The molecule has 2 aliphatic carbocycles. The third kappa shape index (κ3) is 5.09. The van der Waals surface area contributed by atoms with Gasteiger partial charge in [0, 0.05) is 11.4 Å². The molecule has 0 spiro atoms. The Morgan fingerprint density at radius 1 is 0.971 bits per heavy atom. The number of aromatic nitrogens is 1. The second kappa shape index (κ2) is 10.1. The number of para-hydroxylation sites is 1. The summed E-state index contributed by atoms with van der Waals surface area (Å²) in [5, 5.41) is 5.73. The van der Waals surface area contributed by atoms with E-state index >= 15 is 0 Å². The van der Waals surface area contributed by atoms with Crippen LogP contribution < -0.4 is 10.6 Å². The summed E-state index contributed by atoms with van der Waals surface area (Å²) in [5.74, 6) is -1.25. The van der Waals surface area contributed by atoms with E-state index in [0.29, 0.717) is 22.9 Å². The highest BCUT2D eigenvalue weighted by molar-refractivity contribution is 6.08. The minimum Gasteiger partial charge on any atom is -0.452 e. The van der Waals surface area contributed by atoms with Crippen molar-refractivity contribution in [2.24, 2.45) is 0 Å². The number of nitrogens with zero attached hydrogens (tertiary/aromatic N) is 1. The van der Waals surface area contributed by atoms with Crippen molar-refractivity contribution >= 4 is 40.5 Å². The van der Waals surface area contributed by atoms with Gasteiger partial charge in [-0.05, 0) is 54.5 Å². The summed E-state index contributed by atoms with van der Waals surface area (Å²) in [7, 11) is 0. The molecule has 7 nitrogen and oxygen atoms in total. The van der Waals surface area contributed by atoms with Crippen molar-refractivity contribution in [3.05, 3.63) is 77.0 Å². The first-order valence-electron chi connectivity index (χ1n) is 12.0. The van der Waals surface area contributed by atoms with Gasteiger partial charge in [0.1, 0.15) is 0 Å². The van der Waals surface area contributed by atoms with E-state index < -0.39 is 24.5 Å². The van der Waals surface area contributed by atoms with E-state index in [0.717, 1.165) is 54.5 Å². The second-order valence-electron chi connectivity index (χ2n) is 8.99. The first-order chi connectivity index (χ1) is 17.1. The summed E-state index contributed by atoms with van der Waals surface area (Å²) in [4.78, 5) is 42.3. The maximum Gasteiger partial charge on any atom is 0.339 e. The molecule has 7 heteroatoms. The van der Waals surface area contributed by atoms with E-state index in [2.05, 4.69) is 16.7 Å². The van der Waals surface area contributed by atoms with Crippen molar-refractivity contribution in [3.8, 4) is 0 Å². The number of allylic oxidation sites excluding steroid dienone is 1. The Labute approximate surface area is 203 Å². The molecule has 0 atom stereocenters. The van der Waals surface area contributed by atoms with Gasteiger partial charge in [-0.3, -0.25) is 10.1 Å². The van der Waals surface area contributed by atoms with Crippen LogP contribution in [0.2, 0.25) is 0 Å². The largest absolute Gasteiger partial charge is 0.452 e. The number of benzene rings is 2. The average molecular weight is 470 g/mol. The van der Waals surface area contributed by atoms with E-state index in [4.69, 9.17) is 9.72 Å². The molecule has 0 aliphatic heterocycles. The molecule has 1 fully saturated rings. The topological polar surface area (TPSA) is 97.4 Å². The van der Waals surface area contributed by atoms with Gasteiger partial charge in [-0.25, -0.2) is 14.6 Å². The number of nitrogens with one attached hydrogen (secondary N) is 2. The van der Waals surface area contributed by atoms with Crippen molar-refractivity contribution in [1.29, 1.82) is 0 Å². The lowest BCUT2D eigenvalue weighted by Crippen LogP contribution is -2.45.